The van der Waals surface area contributed by atoms with Gasteiger partial charge in [0.15, 0.2) is 0 Å². The number of rotatable bonds is 6. The number of carbonyl (C=O) groups excluding carboxylic acids is 1. The van der Waals surface area contributed by atoms with E-state index in [0.717, 1.165) is 6.42 Å². The van der Waals surface area contributed by atoms with E-state index < -0.39 is 0 Å². The molecule has 1 rings (SSSR count). The molecule has 1 aromatic heterocycles. The van der Waals surface area contributed by atoms with Gasteiger partial charge in [-0.2, -0.15) is 0 Å². The van der Waals surface area contributed by atoms with Gasteiger partial charge in [-0.15, -0.1) is 0 Å². The quantitative estimate of drug-likeness (QED) is 0.763. The highest BCUT2D eigenvalue weighted by molar-refractivity contribution is 5.76. The summed E-state index contributed by atoms with van der Waals surface area (Å²) in [5, 5.41) is 3.25. The molecular weight excluding hydrogens is 202 g/mol. The van der Waals surface area contributed by atoms with E-state index in [1.807, 2.05) is 24.7 Å². The van der Waals surface area contributed by atoms with Crippen molar-refractivity contribution in [3.05, 3.63) is 24.0 Å². The molecule has 2 unspecified atom stereocenters. The number of nitrogens with zero attached hydrogens (tertiary/aromatic N) is 1. The largest absolute Gasteiger partial charge is 0.369 e. The number of hydrogen-bond donors (Lipinski definition) is 2. The number of primary amides is 1. The number of nitrogens with two attached hydrogens (primary N) is 1. The van der Waals surface area contributed by atoms with Gasteiger partial charge in [0.05, 0.1) is 5.92 Å². The molecule has 0 spiro atoms. The van der Waals surface area contributed by atoms with Crippen LogP contribution in [-0.4, -0.2) is 17.5 Å². The van der Waals surface area contributed by atoms with Crippen molar-refractivity contribution in [3.63, 3.8) is 0 Å². The third-order valence-electron chi connectivity index (χ3n) is 2.90. The number of aromatic nitrogens is 1. The topological polar surface area (TPSA) is 60.1 Å². The zero-order valence-electron chi connectivity index (χ0n) is 10.2. The molecule has 0 fully saturated rings. The van der Waals surface area contributed by atoms with Gasteiger partial charge in [-0.1, -0.05) is 13.8 Å². The Kier molecular flexibility index (Phi) is 4.55. The van der Waals surface area contributed by atoms with Crippen LogP contribution in [0.5, 0.6) is 0 Å². The number of hydrogen-bond acceptors (Lipinski definition) is 2. The number of nitrogens with one attached hydrogen (secondary N) is 1. The van der Waals surface area contributed by atoms with E-state index in [2.05, 4.69) is 24.5 Å². The Morgan fingerprint density at radius 3 is 2.81 bits per heavy atom. The molecule has 4 heteroatoms. The minimum atomic E-state index is -0.254. The molecular formula is C12H21N3O. The minimum Gasteiger partial charge on any atom is -0.369 e. The molecule has 1 aromatic rings. The van der Waals surface area contributed by atoms with Gasteiger partial charge in [-0.3, -0.25) is 4.79 Å². The highest BCUT2D eigenvalue weighted by Crippen LogP contribution is 2.16. The normalized spacial score (nSPS) is 14.7. The van der Waals surface area contributed by atoms with Gasteiger partial charge >= 0.3 is 0 Å². The van der Waals surface area contributed by atoms with Gasteiger partial charge in [-0.05, 0) is 25.1 Å². The molecule has 1 heterocycles. The summed E-state index contributed by atoms with van der Waals surface area (Å²) in [6.07, 6.45) is 5.12. The third-order valence-corrected chi connectivity index (χ3v) is 2.90. The van der Waals surface area contributed by atoms with Crippen LogP contribution in [0.25, 0.3) is 0 Å². The third kappa shape index (κ3) is 3.10. The fourth-order valence-corrected chi connectivity index (χ4v) is 1.79. The molecule has 0 aromatic carbocycles. The maximum atomic E-state index is 11.0. The SMILES string of the molecule is CCC(NC)c1ccn(CC(C)C(N)=O)c1. The van der Waals surface area contributed by atoms with Crippen LogP contribution in [0, 0.1) is 5.92 Å². The Hall–Kier alpha value is -1.29. The molecule has 0 aliphatic carbocycles. The average Bonchev–Trinajstić information content (AvgIpc) is 2.68. The van der Waals surface area contributed by atoms with Crippen LogP contribution >= 0.6 is 0 Å². The Labute approximate surface area is 96.8 Å². The van der Waals surface area contributed by atoms with Crippen LogP contribution in [0.4, 0.5) is 0 Å². The highest BCUT2D eigenvalue weighted by atomic mass is 16.1. The summed E-state index contributed by atoms with van der Waals surface area (Å²) in [6.45, 7) is 4.64. The van der Waals surface area contributed by atoms with Crippen LogP contribution in [0.15, 0.2) is 18.5 Å². The molecule has 1 amide bonds. The van der Waals surface area contributed by atoms with Crippen molar-refractivity contribution in [1.29, 1.82) is 0 Å². The van der Waals surface area contributed by atoms with Crippen LogP contribution < -0.4 is 11.1 Å². The maximum Gasteiger partial charge on any atom is 0.222 e. The lowest BCUT2D eigenvalue weighted by atomic mass is 10.1. The van der Waals surface area contributed by atoms with E-state index in [0.29, 0.717) is 12.6 Å². The Balaban J connectivity index is 2.67. The summed E-state index contributed by atoms with van der Waals surface area (Å²) in [5.41, 5.74) is 6.49. The molecule has 16 heavy (non-hydrogen) atoms. The van der Waals surface area contributed by atoms with Gasteiger partial charge in [0, 0.05) is 25.0 Å². The maximum absolute atomic E-state index is 11.0. The molecule has 0 saturated heterocycles. The first-order valence-electron chi connectivity index (χ1n) is 5.70. The standard InChI is InChI=1S/C12H21N3O/c1-4-11(14-3)10-5-6-15(8-10)7-9(2)12(13)16/h5-6,8-9,11,14H,4,7H2,1-3H3,(H2,13,16). The van der Waals surface area contributed by atoms with E-state index in [1.165, 1.54) is 5.56 Å². The zero-order valence-corrected chi connectivity index (χ0v) is 10.2. The van der Waals surface area contributed by atoms with Gasteiger partial charge in [0.1, 0.15) is 0 Å². The van der Waals surface area contributed by atoms with Crippen LogP contribution in [-0.2, 0) is 11.3 Å². The second-order valence-electron chi connectivity index (χ2n) is 4.19. The van der Waals surface area contributed by atoms with E-state index in [4.69, 9.17) is 5.73 Å². The van der Waals surface area contributed by atoms with Crippen molar-refractivity contribution in [2.45, 2.75) is 32.9 Å². The number of amides is 1. The van der Waals surface area contributed by atoms with Crippen molar-refractivity contribution < 1.29 is 4.79 Å². The second-order valence-corrected chi connectivity index (χ2v) is 4.19. The minimum absolute atomic E-state index is 0.130. The summed E-state index contributed by atoms with van der Waals surface area (Å²) in [6, 6.07) is 2.46. The van der Waals surface area contributed by atoms with Crippen molar-refractivity contribution >= 4 is 5.91 Å². The molecule has 0 saturated carbocycles. The lowest BCUT2D eigenvalue weighted by molar-refractivity contribution is -0.121. The first kappa shape index (κ1) is 12.8. The van der Waals surface area contributed by atoms with Crippen molar-refractivity contribution in [2.24, 2.45) is 11.7 Å². The summed E-state index contributed by atoms with van der Waals surface area (Å²) in [5.74, 6) is -0.383. The predicted molar refractivity (Wildman–Crippen MR) is 64.9 cm³/mol. The summed E-state index contributed by atoms with van der Waals surface area (Å²) in [7, 11) is 1.96. The molecule has 2 atom stereocenters. The lowest BCUT2D eigenvalue weighted by Crippen LogP contribution is -2.24. The Bertz CT molecular complexity index is 342. The first-order chi connectivity index (χ1) is 7.58. The highest BCUT2D eigenvalue weighted by Gasteiger charge is 2.11. The van der Waals surface area contributed by atoms with E-state index >= 15 is 0 Å². The predicted octanol–water partition coefficient (Wildman–Crippen LogP) is 1.28. The Morgan fingerprint density at radius 2 is 2.31 bits per heavy atom. The molecule has 3 N–H and O–H groups in total. The summed E-state index contributed by atoms with van der Waals surface area (Å²) < 4.78 is 2.02. The first-order valence-corrected chi connectivity index (χ1v) is 5.70. The van der Waals surface area contributed by atoms with E-state index in [-0.39, 0.29) is 11.8 Å². The fourth-order valence-electron chi connectivity index (χ4n) is 1.79. The van der Waals surface area contributed by atoms with Crippen molar-refractivity contribution in [1.82, 2.24) is 9.88 Å². The molecule has 0 aliphatic heterocycles. The van der Waals surface area contributed by atoms with Crippen LogP contribution in [0.2, 0.25) is 0 Å². The molecule has 0 aliphatic rings. The van der Waals surface area contributed by atoms with Crippen LogP contribution in [0.3, 0.4) is 0 Å². The van der Waals surface area contributed by atoms with Gasteiger partial charge in [0.2, 0.25) is 5.91 Å². The van der Waals surface area contributed by atoms with Gasteiger partial charge in [-0.25, -0.2) is 0 Å². The van der Waals surface area contributed by atoms with Crippen LogP contribution in [0.1, 0.15) is 31.9 Å². The monoisotopic (exact) mass is 223 g/mol. The van der Waals surface area contributed by atoms with E-state index in [9.17, 15) is 4.79 Å². The van der Waals surface area contributed by atoms with Gasteiger partial charge in [0.25, 0.3) is 0 Å². The lowest BCUT2D eigenvalue weighted by Gasteiger charge is -2.12. The number of carbonyl (C=O) groups is 1. The van der Waals surface area contributed by atoms with Crippen molar-refractivity contribution in [3.8, 4) is 0 Å². The summed E-state index contributed by atoms with van der Waals surface area (Å²) in [4.78, 5) is 11.0. The van der Waals surface area contributed by atoms with Crippen molar-refractivity contribution in [2.75, 3.05) is 7.05 Å². The summed E-state index contributed by atoms with van der Waals surface area (Å²) >= 11 is 0. The second kappa shape index (κ2) is 5.70. The smallest absolute Gasteiger partial charge is 0.222 e. The molecule has 4 nitrogen and oxygen atoms in total. The average molecular weight is 223 g/mol. The van der Waals surface area contributed by atoms with E-state index in [1.54, 1.807) is 0 Å². The molecule has 0 bridgehead atoms. The zero-order chi connectivity index (χ0) is 12.1. The Morgan fingerprint density at radius 1 is 1.62 bits per heavy atom. The molecule has 90 valence electrons. The van der Waals surface area contributed by atoms with Gasteiger partial charge < -0.3 is 15.6 Å². The molecule has 0 radical (unpaired) electrons. The fraction of sp³-hybridized carbons (Fsp3) is 0.583.